The smallest absolute Gasteiger partial charge is 0.222 e. The summed E-state index contributed by atoms with van der Waals surface area (Å²) in [5.74, 6) is 1.28. The number of aromatic nitrogens is 1. The van der Waals surface area contributed by atoms with E-state index in [1.54, 1.807) is 31.5 Å². The average Bonchev–Trinajstić information content (AvgIpc) is 3.35. The number of nitrogens with one attached hydrogen (secondary N) is 1. The number of rotatable bonds is 6. The van der Waals surface area contributed by atoms with E-state index in [2.05, 4.69) is 16.4 Å². The summed E-state index contributed by atoms with van der Waals surface area (Å²) in [6, 6.07) is 14.6. The van der Waals surface area contributed by atoms with Gasteiger partial charge in [0.25, 0.3) is 0 Å². The molecule has 0 saturated carbocycles. The van der Waals surface area contributed by atoms with Gasteiger partial charge >= 0.3 is 0 Å². The Balaban J connectivity index is 1.34. The van der Waals surface area contributed by atoms with Crippen molar-refractivity contribution in [3.05, 3.63) is 77.6 Å². The Morgan fingerprint density at radius 1 is 1.13 bits per heavy atom. The van der Waals surface area contributed by atoms with E-state index in [1.165, 1.54) is 5.56 Å². The van der Waals surface area contributed by atoms with Gasteiger partial charge in [-0.3, -0.25) is 14.6 Å². The lowest BCUT2D eigenvalue weighted by molar-refractivity contribution is -0.130. The lowest BCUT2D eigenvalue weighted by atomic mass is 9.93. The number of ether oxygens (including phenoxy) is 2. The van der Waals surface area contributed by atoms with Crippen LogP contribution in [0.5, 0.6) is 23.0 Å². The molecule has 2 aliphatic heterocycles. The van der Waals surface area contributed by atoms with Crippen LogP contribution >= 0.6 is 0 Å². The van der Waals surface area contributed by atoms with Crippen LogP contribution in [0.15, 0.2) is 60.9 Å². The molecule has 8 heteroatoms. The van der Waals surface area contributed by atoms with Crippen LogP contribution < -0.4 is 14.8 Å². The zero-order valence-electron chi connectivity index (χ0n) is 21.6. The molecule has 1 saturated heterocycles. The SMILES string of the molecule is COc1ccc2cc1Oc1cc(ccc1O)CCC(=O)N[C@@H]1CN(C(=O)CCCCc3cccnc3)C[C@@H]21. The van der Waals surface area contributed by atoms with Crippen LogP contribution in [0.2, 0.25) is 0 Å². The van der Waals surface area contributed by atoms with Gasteiger partial charge in [-0.2, -0.15) is 0 Å². The molecule has 1 fully saturated rings. The fourth-order valence-corrected chi connectivity index (χ4v) is 5.26. The highest BCUT2D eigenvalue weighted by molar-refractivity contribution is 5.79. The number of amides is 2. The van der Waals surface area contributed by atoms with E-state index >= 15 is 0 Å². The van der Waals surface area contributed by atoms with Crippen molar-refractivity contribution in [1.82, 2.24) is 15.2 Å². The number of pyridine rings is 1. The molecule has 2 amide bonds. The number of unbranched alkanes of at least 4 members (excludes halogenated alkanes) is 1. The maximum absolute atomic E-state index is 13.1. The Hall–Kier alpha value is -4.07. The van der Waals surface area contributed by atoms with E-state index in [1.807, 2.05) is 35.4 Å². The Morgan fingerprint density at radius 2 is 2.03 bits per heavy atom. The Morgan fingerprint density at radius 3 is 2.84 bits per heavy atom. The van der Waals surface area contributed by atoms with Crippen molar-refractivity contribution in [2.24, 2.45) is 0 Å². The van der Waals surface area contributed by atoms with Crippen LogP contribution in [0.25, 0.3) is 0 Å². The lowest BCUT2D eigenvalue weighted by Gasteiger charge is -2.21. The van der Waals surface area contributed by atoms with Crippen LogP contribution in [0, 0.1) is 0 Å². The quantitative estimate of drug-likeness (QED) is 0.473. The lowest BCUT2D eigenvalue weighted by Crippen LogP contribution is -2.40. The monoisotopic (exact) mass is 515 g/mol. The number of hydrogen-bond acceptors (Lipinski definition) is 6. The van der Waals surface area contributed by atoms with E-state index in [0.717, 1.165) is 30.4 Å². The molecule has 0 aliphatic carbocycles. The van der Waals surface area contributed by atoms with Gasteiger partial charge in [-0.15, -0.1) is 0 Å². The highest BCUT2D eigenvalue weighted by Crippen LogP contribution is 2.40. The van der Waals surface area contributed by atoms with Gasteiger partial charge in [0.1, 0.15) is 0 Å². The number of carbonyl (C=O) groups excluding carboxylic acids is 2. The maximum atomic E-state index is 13.1. The first-order valence-corrected chi connectivity index (χ1v) is 13.1. The van der Waals surface area contributed by atoms with Gasteiger partial charge < -0.3 is 24.8 Å². The van der Waals surface area contributed by atoms with E-state index in [0.29, 0.717) is 49.6 Å². The molecule has 3 heterocycles. The highest BCUT2D eigenvalue weighted by Gasteiger charge is 2.37. The van der Waals surface area contributed by atoms with Gasteiger partial charge in [-0.1, -0.05) is 18.2 Å². The summed E-state index contributed by atoms with van der Waals surface area (Å²) in [5, 5.41) is 13.6. The number of methoxy groups -OCH3 is 1. The Kier molecular flexibility index (Phi) is 7.77. The maximum Gasteiger partial charge on any atom is 0.222 e. The van der Waals surface area contributed by atoms with Crippen molar-refractivity contribution in [1.29, 1.82) is 0 Å². The third-order valence-corrected chi connectivity index (χ3v) is 7.35. The second kappa shape index (κ2) is 11.5. The van der Waals surface area contributed by atoms with Crippen molar-refractivity contribution in [3.8, 4) is 23.0 Å². The molecule has 0 radical (unpaired) electrons. The molecule has 3 aromatic rings. The third-order valence-electron chi connectivity index (χ3n) is 7.35. The number of aryl methyl sites for hydroxylation is 2. The molecular weight excluding hydrogens is 482 g/mol. The molecule has 2 N–H and O–H groups in total. The number of phenolic OH excluding ortho intramolecular Hbond substituents is 1. The second-order valence-corrected chi connectivity index (χ2v) is 9.96. The van der Waals surface area contributed by atoms with Crippen molar-refractivity contribution < 1.29 is 24.2 Å². The predicted octanol–water partition coefficient (Wildman–Crippen LogP) is 4.36. The molecule has 4 bridgehead atoms. The molecule has 2 atom stereocenters. The first-order chi connectivity index (χ1) is 18.5. The van der Waals surface area contributed by atoms with Gasteiger partial charge in [0.05, 0.1) is 13.2 Å². The van der Waals surface area contributed by atoms with Crippen LogP contribution in [0.1, 0.15) is 48.3 Å². The minimum atomic E-state index is -0.208. The summed E-state index contributed by atoms with van der Waals surface area (Å²) in [7, 11) is 1.57. The minimum Gasteiger partial charge on any atom is -0.504 e. The van der Waals surface area contributed by atoms with Gasteiger partial charge in [0.2, 0.25) is 11.8 Å². The fraction of sp³-hybridized carbons (Fsp3) is 0.367. The number of carbonyl (C=O) groups is 2. The van der Waals surface area contributed by atoms with Gasteiger partial charge in [0.15, 0.2) is 23.0 Å². The number of fused-ring (bicyclic) bond motifs is 6. The third kappa shape index (κ3) is 5.90. The number of phenols is 1. The van der Waals surface area contributed by atoms with E-state index < -0.39 is 0 Å². The summed E-state index contributed by atoms with van der Waals surface area (Å²) in [6.07, 6.45) is 7.52. The number of hydrogen-bond donors (Lipinski definition) is 2. The van der Waals surface area contributed by atoms with Gasteiger partial charge in [-0.25, -0.2) is 0 Å². The average molecular weight is 516 g/mol. The molecular formula is C30H33N3O5. The van der Waals surface area contributed by atoms with Gasteiger partial charge in [-0.05, 0) is 72.7 Å². The molecule has 0 spiro atoms. The van der Waals surface area contributed by atoms with Crippen LogP contribution in [0.4, 0.5) is 0 Å². The Bertz CT molecular complexity index is 1300. The molecule has 198 valence electrons. The standard InChI is InChI=1S/C30H33N3O5/c1-37-26-12-10-22-16-28(26)38-27-15-20(8-11-25(27)34)9-13-29(35)32-24-19-33(18-23(22)24)30(36)7-3-2-5-21-6-4-14-31-17-21/h4,6,8,10-12,14-17,23-24,34H,2-3,5,7,9,13,18-19H2,1H3,(H,32,35)/t23-,24+/m0/s1. The fourth-order valence-electron chi connectivity index (χ4n) is 5.26. The summed E-state index contributed by atoms with van der Waals surface area (Å²) >= 11 is 0. The number of likely N-dealkylation sites (tertiary alicyclic amines) is 1. The molecule has 2 aromatic carbocycles. The van der Waals surface area contributed by atoms with Crippen molar-refractivity contribution in [2.75, 3.05) is 20.2 Å². The molecule has 5 rings (SSSR count). The predicted molar refractivity (Wildman–Crippen MR) is 143 cm³/mol. The second-order valence-electron chi connectivity index (χ2n) is 9.96. The highest BCUT2D eigenvalue weighted by atomic mass is 16.5. The van der Waals surface area contributed by atoms with Crippen LogP contribution in [-0.2, 0) is 22.4 Å². The van der Waals surface area contributed by atoms with Crippen molar-refractivity contribution >= 4 is 11.8 Å². The zero-order valence-corrected chi connectivity index (χ0v) is 21.6. The van der Waals surface area contributed by atoms with Crippen molar-refractivity contribution in [3.63, 3.8) is 0 Å². The minimum absolute atomic E-state index is 0.0135. The first kappa shape index (κ1) is 25.6. The zero-order chi connectivity index (χ0) is 26.5. The van der Waals surface area contributed by atoms with Crippen LogP contribution in [0.3, 0.4) is 0 Å². The summed E-state index contributed by atoms with van der Waals surface area (Å²) in [6.45, 7) is 0.978. The number of benzene rings is 2. The van der Waals surface area contributed by atoms with Crippen LogP contribution in [-0.4, -0.2) is 53.0 Å². The molecule has 38 heavy (non-hydrogen) atoms. The summed E-state index contributed by atoms with van der Waals surface area (Å²) in [4.78, 5) is 32.1. The molecule has 8 nitrogen and oxygen atoms in total. The van der Waals surface area contributed by atoms with Crippen molar-refractivity contribution in [2.45, 2.75) is 50.5 Å². The van der Waals surface area contributed by atoms with E-state index in [4.69, 9.17) is 9.47 Å². The number of nitrogens with zero attached hydrogens (tertiary/aromatic N) is 2. The number of aromatic hydroxyl groups is 1. The summed E-state index contributed by atoms with van der Waals surface area (Å²) < 4.78 is 11.6. The largest absolute Gasteiger partial charge is 0.504 e. The van der Waals surface area contributed by atoms with E-state index in [9.17, 15) is 14.7 Å². The molecule has 1 aromatic heterocycles. The van der Waals surface area contributed by atoms with E-state index in [-0.39, 0.29) is 29.5 Å². The molecule has 2 aliphatic rings. The van der Waals surface area contributed by atoms with Gasteiger partial charge in [0, 0.05) is 44.2 Å². The first-order valence-electron chi connectivity index (χ1n) is 13.1. The summed E-state index contributed by atoms with van der Waals surface area (Å²) in [5.41, 5.74) is 3.00. The topological polar surface area (TPSA) is 101 Å². The Labute approximate surface area is 222 Å². The normalized spacial score (nSPS) is 18.8. The molecule has 0 unspecified atom stereocenters.